The van der Waals surface area contributed by atoms with Crippen LogP contribution in [0.3, 0.4) is 0 Å². The SMILES string of the molecule is NC(N)=NCCCC(NC(=O)C1CCCN1)C(=O)NCC(=O)NC(CO)C(=O)O. The molecule has 0 aromatic rings. The Kier molecular flexibility index (Phi) is 10.4. The van der Waals surface area contributed by atoms with Crippen LogP contribution in [0.1, 0.15) is 25.7 Å². The molecule has 0 bridgehead atoms. The van der Waals surface area contributed by atoms with Gasteiger partial charge < -0.3 is 42.9 Å². The van der Waals surface area contributed by atoms with Crippen molar-refractivity contribution in [3.63, 3.8) is 0 Å². The Hall–Kier alpha value is -2.93. The molecule has 1 rings (SSSR count). The molecule has 0 aromatic carbocycles. The molecule has 1 saturated heterocycles. The molecule has 0 saturated carbocycles. The molecule has 1 fully saturated rings. The van der Waals surface area contributed by atoms with E-state index in [0.29, 0.717) is 12.8 Å². The van der Waals surface area contributed by atoms with Crippen LogP contribution in [0, 0.1) is 0 Å². The Labute approximate surface area is 167 Å². The van der Waals surface area contributed by atoms with E-state index in [-0.39, 0.29) is 30.9 Å². The van der Waals surface area contributed by atoms with E-state index < -0.39 is 43.0 Å². The van der Waals surface area contributed by atoms with Crippen LogP contribution in [0.2, 0.25) is 0 Å². The van der Waals surface area contributed by atoms with Gasteiger partial charge in [0, 0.05) is 6.54 Å². The van der Waals surface area contributed by atoms with Crippen molar-refractivity contribution in [3.05, 3.63) is 0 Å². The molecule has 1 aliphatic rings. The molecule has 0 radical (unpaired) electrons. The number of carboxylic acids is 1. The number of aliphatic carboxylic acids is 1. The summed E-state index contributed by atoms with van der Waals surface area (Å²) in [5, 5.41) is 27.8. The number of nitrogens with zero attached hydrogens (tertiary/aromatic N) is 1. The first kappa shape index (κ1) is 24.1. The predicted octanol–water partition coefficient (Wildman–Crippen LogP) is -4.05. The van der Waals surface area contributed by atoms with Gasteiger partial charge in [-0.25, -0.2) is 4.79 Å². The van der Waals surface area contributed by atoms with Gasteiger partial charge in [0.1, 0.15) is 12.1 Å². The first-order valence-electron chi connectivity index (χ1n) is 9.24. The second-order valence-corrected chi connectivity index (χ2v) is 6.52. The monoisotopic (exact) mass is 415 g/mol. The first-order chi connectivity index (χ1) is 13.7. The molecule has 10 N–H and O–H groups in total. The number of amides is 3. The second kappa shape index (κ2) is 12.5. The quantitative estimate of drug-likeness (QED) is 0.0881. The Bertz CT molecular complexity index is 617. The van der Waals surface area contributed by atoms with Crippen LogP contribution >= 0.6 is 0 Å². The maximum Gasteiger partial charge on any atom is 0.328 e. The molecule has 29 heavy (non-hydrogen) atoms. The van der Waals surface area contributed by atoms with Gasteiger partial charge in [0.15, 0.2) is 5.96 Å². The van der Waals surface area contributed by atoms with Gasteiger partial charge in [0.05, 0.1) is 19.2 Å². The van der Waals surface area contributed by atoms with Crippen LogP contribution in [0.15, 0.2) is 4.99 Å². The van der Waals surface area contributed by atoms with E-state index in [1.165, 1.54) is 0 Å². The number of aliphatic imine (C=N–C) groups is 1. The molecule has 1 aliphatic heterocycles. The van der Waals surface area contributed by atoms with Crippen molar-refractivity contribution in [2.24, 2.45) is 16.5 Å². The highest BCUT2D eigenvalue weighted by atomic mass is 16.4. The van der Waals surface area contributed by atoms with Crippen LogP contribution in [0.5, 0.6) is 0 Å². The van der Waals surface area contributed by atoms with Crippen molar-refractivity contribution in [1.29, 1.82) is 0 Å². The lowest BCUT2D eigenvalue weighted by Crippen LogP contribution is -2.53. The minimum absolute atomic E-state index is 0.0845. The van der Waals surface area contributed by atoms with Crippen molar-refractivity contribution in [2.75, 3.05) is 26.2 Å². The summed E-state index contributed by atoms with van der Waals surface area (Å²) in [6.07, 6.45) is 2.16. The number of hydrogen-bond donors (Lipinski definition) is 8. The Morgan fingerprint density at radius 1 is 1.17 bits per heavy atom. The Balaban J connectivity index is 2.60. The second-order valence-electron chi connectivity index (χ2n) is 6.52. The van der Waals surface area contributed by atoms with E-state index in [1.807, 2.05) is 0 Å². The van der Waals surface area contributed by atoms with E-state index in [0.717, 1.165) is 13.0 Å². The molecular formula is C16H29N7O6. The van der Waals surface area contributed by atoms with Crippen molar-refractivity contribution in [3.8, 4) is 0 Å². The van der Waals surface area contributed by atoms with Gasteiger partial charge in [-0.1, -0.05) is 0 Å². The summed E-state index contributed by atoms with van der Waals surface area (Å²) in [6.45, 7) is -0.312. The molecule has 3 unspecified atom stereocenters. The maximum absolute atomic E-state index is 12.4. The summed E-state index contributed by atoms with van der Waals surface area (Å²) >= 11 is 0. The van der Waals surface area contributed by atoms with E-state index in [1.54, 1.807) is 0 Å². The average molecular weight is 415 g/mol. The summed E-state index contributed by atoms with van der Waals surface area (Å²) in [6, 6.07) is -2.77. The van der Waals surface area contributed by atoms with E-state index in [2.05, 4.69) is 26.3 Å². The van der Waals surface area contributed by atoms with E-state index in [9.17, 15) is 19.2 Å². The molecule has 1 heterocycles. The minimum Gasteiger partial charge on any atom is -0.480 e. The number of nitrogens with two attached hydrogens (primary N) is 2. The fraction of sp³-hybridized carbons (Fsp3) is 0.688. The van der Waals surface area contributed by atoms with Gasteiger partial charge in [0.25, 0.3) is 0 Å². The summed E-state index contributed by atoms with van der Waals surface area (Å²) in [7, 11) is 0. The van der Waals surface area contributed by atoms with Gasteiger partial charge in [-0.2, -0.15) is 0 Å². The zero-order valence-electron chi connectivity index (χ0n) is 16.0. The topological polar surface area (TPSA) is 221 Å². The molecule has 164 valence electrons. The highest BCUT2D eigenvalue weighted by Gasteiger charge is 2.27. The van der Waals surface area contributed by atoms with Crippen molar-refractivity contribution in [1.82, 2.24) is 21.3 Å². The van der Waals surface area contributed by atoms with E-state index in [4.69, 9.17) is 21.7 Å². The molecular weight excluding hydrogens is 386 g/mol. The van der Waals surface area contributed by atoms with Crippen molar-refractivity contribution < 1.29 is 29.4 Å². The van der Waals surface area contributed by atoms with Gasteiger partial charge >= 0.3 is 5.97 Å². The first-order valence-corrected chi connectivity index (χ1v) is 9.24. The zero-order chi connectivity index (χ0) is 21.8. The van der Waals surface area contributed by atoms with Crippen LogP contribution in [0.25, 0.3) is 0 Å². The summed E-state index contributed by atoms with van der Waals surface area (Å²) in [5.74, 6) is -3.20. The largest absolute Gasteiger partial charge is 0.480 e. The molecule has 13 heteroatoms. The van der Waals surface area contributed by atoms with Crippen molar-refractivity contribution >= 4 is 29.7 Å². The number of carboxylic acid groups (broad SMARTS) is 1. The third kappa shape index (κ3) is 9.21. The molecule has 13 nitrogen and oxygen atoms in total. The lowest BCUT2D eigenvalue weighted by molar-refractivity contribution is -0.142. The highest BCUT2D eigenvalue weighted by molar-refractivity contribution is 5.92. The van der Waals surface area contributed by atoms with Crippen molar-refractivity contribution in [2.45, 2.75) is 43.8 Å². The van der Waals surface area contributed by atoms with Crippen LogP contribution in [-0.2, 0) is 19.2 Å². The fourth-order valence-electron chi connectivity index (χ4n) is 2.67. The van der Waals surface area contributed by atoms with Crippen LogP contribution in [0.4, 0.5) is 0 Å². The van der Waals surface area contributed by atoms with Gasteiger partial charge in [-0.3, -0.25) is 19.4 Å². The van der Waals surface area contributed by atoms with Gasteiger partial charge in [-0.05, 0) is 32.2 Å². The number of guanidine groups is 1. The molecule has 0 aromatic heterocycles. The zero-order valence-corrected chi connectivity index (χ0v) is 16.0. The smallest absolute Gasteiger partial charge is 0.328 e. The third-order valence-corrected chi connectivity index (χ3v) is 4.19. The van der Waals surface area contributed by atoms with E-state index >= 15 is 0 Å². The summed E-state index contributed by atoms with van der Waals surface area (Å²) in [4.78, 5) is 51.1. The molecule has 0 spiro atoms. The lowest BCUT2D eigenvalue weighted by atomic mass is 10.1. The Morgan fingerprint density at radius 2 is 1.90 bits per heavy atom. The Morgan fingerprint density at radius 3 is 2.45 bits per heavy atom. The highest BCUT2D eigenvalue weighted by Crippen LogP contribution is 2.06. The number of hydrogen-bond acceptors (Lipinski definition) is 7. The predicted molar refractivity (Wildman–Crippen MR) is 103 cm³/mol. The summed E-state index contributed by atoms with van der Waals surface area (Å²) < 4.78 is 0. The number of aliphatic hydroxyl groups excluding tert-OH is 1. The molecule has 0 aliphatic carbocycles. The van der Waals surface area contributed by atoms with Gasteiger partial charge in [0.2, 0.25) is 17.7 Å². The number of carbonyl (C=O) groups excluding carboxylic acids is 3. The molecule has 3 atom stereocenters. The van der Waals surface area contributed by atoms with Gasteiger partial charge in [-0.15, -0.1) is 0 Å². The summed E-state index contributed by atoms with van der Waals surface area (Å²) in [5.41, 5.74) is 10.5. The minimum atomic E-state index is -1.47. The molecule has 3 amide bonds. The van der Waals surface area contributed by atoms with Crippen LogP contribution < -0.4 is 32.7 Å². The average Bonchev–Trinajstić information content (AvgIpc) is 3.20. The number of nitrogens with one attached hydrogen (secondary N) is 4. The third-order valence-electron chi connectivity index (χ3n) is 4.19. The van der Waals surface area contributed by atoms with Crippen LogP contribution in [-0.4, -0.2) is 84.2 Å². The fourth-order valence-corrected chi connectivity index (χ4v) is 2.67. The number of aliphatic hydroxyl groups is 1. The maximum atomic E-state index is 12.4. The normalized spacial score (nSPS) is 17.6. The number of rotatable bonds is 12. The number of carbonyl (C=O) groups is 4. The standard InChI is InChI=1S/C16H29N7O6/c17-16(18)20-6-2-4-10(23-14(27)9-3-1-5-19-9)13(26)21-7-12(25)22-11(8-24)15(28)29/h9-11,19,24H,1-8H2,(H,21,26)(H,22,25)(H,23,27)(H,28,29)(H4,17,18,20). The lowest BCUT2D eigenvalue weighted by Gasteiger charge is -2.20.